The highest BCUT2D eigenvalue weighted by atomic mass is 16.1. The molecule has 0 atom stereocenters. The third kappa shape index (κ3) is 4.12. The number of nitrogens with one attached hydrogen (secondary N) is 1. The average molecular weight is 384 g/mol. The number of benzene rings is 3. The molecule has 29 heavy (non-hydrogen) atoms. The van der Waals surface area contributed by atoms with E-state index in [0.717, 1.165) is 36.8 Å². The Balaban J connectivity index is 1.51. The largest absolute Gasteiger partial charge is 0.348 e. The Bertz CT molecular complexity index is 1050. The topological polar surface area (TPSA) is 29.1 Å². The van der Waals surface area contributed by atoms with Gasteiger partial charge in [-0.05, 0) is 83.7 Å². The first kappa shape index (κ1) is 19.4. The third-order valence-electron chi connectivity index (χ3n) is 6.09. The van der Waals surface area contributed by atoms with Crippen LogP contribution in [0.1, 0.15) is 68.7 Å². The van der Waals surface area contributed by atoms with Crippen LogP contribution >= 0.6 is 0 Å². The Hall–Kier alpha value is -2.87. The Morgan fingerprint density at radius 3 is 2.00 bits per heavy atom. The molecule has 3 aromatic rings. The summed E-state index contributed by atoms with van der Waals surface area (Å²) in [4.78, 5) is 12.7. The number of fused-ring (bicyclic) bond motifs is 2. The number of amides is 1. The van der Waals surface area contributed by atoms with Crippen LogP contribution in [0.15, 0.2) is 54.6 Å². The lowest BCUT2D eigenvalue weighted by atomic mass is 9.82. The van der Waals surface area contributed by atoms with Gasteiger partial charge in [0.05, 0.1) is 0 Å². The van der Waals surface area contributed by atoms with E-state index in [1.807, 2.05) is 6.07 Å². The molecule has 1 N–H and O–H groups in total. The summed E-state index contributed by atoms with van der Waals surface area (Å²) < 4.78 is 0. The van der Waals surface area contributed by atoms with Crippen molar-refractivity contribution in [1.82, 2.24) is 5.32 Å². The van der Waals surface area contributed by atoms with E-state index in [1.54, 1.807) is 0 Å². The van der Waals surface area contributed by atoms with Crippen molar-refractivity contribution < 1.29 is 4.79 Å². The summed E-state index contributed by atoms with van der Waals surface area (Å²) in [5.41, 5.74) is 11.5. The van der Waals surface area contributed by atoms with Crippen LogP contribution in [0.3, 0.4) is 0 Å². The summed E-state index contributed by atoms with van der Waals surface area (Å²) in [5, 5.41) is 3.06. The van der Waals surface area contributed by atoms with Crippen LogP contribution in [-0.2, 0) is 32.2 Å². The van der Waals surface area contributed by atoms with E-state index < -0.39 is 0 Å². The van der Waals surface area contributed by atoms with E-state index in [0.29, 0.717) is 6.54 Å². The van der Waals surface area contributed by atoms with Crippen LogP contribution in [0, 0.1) is 6.92 Å². The summed E-state index contributed by atoms with van der Waals surface area (Å²) >= 11 is 0. The minimum absolute atomic E-state index is 0.00486. The second-order valence-corrected chi connectivity index (χ2v) is 8.10. The van der Waals surface area contributed by atoms with Gasteiger partial charge in [-0.15, -0.1) is 0 Å². The number of carbonyl (C=O) groups excluding carboxylic acids is 1. The Morgan fingerprint density at radius 2 is 1.38 bits per heavy atom. The normalized spacial score (nSPS) is 12.2. The Morgan fingerprint density at radius 1 is 0.793 bits per heavy atom. The lowest BCUT2D eigenvalue weighted by Crippen LogP contribution is -2.23. The van der Waals surface area contributed by atoms with Crippen molar-refractivity contribution in [1.29, 1.82) is 0 Å². The van der Waals surface area contributed by atoms with Crippen LogP contribution in [0.2, 0.25) is 0 Å². The zero-order valence-corrected chi connectivity index (χ0v) is 17.6. The van der Waals surface area contributed by atoms with Crippen molar-refractivity contribution >= 4 is 5.91 Å². The van der Waals surface area contributed by atoms with Gasteiger partial charge in [-0.2, -0.15) is 0 Å². The van der Waals surface area contributed by atoms with E-state index in [1.165, 1.54) is 38.9 Å². The number of carbonyl (C=O) groups is 1. The van der Waals surface area contributed by atoms with E-state index in [-0.39, 0.29) is 5.91 Å². The van der Waals surface area contributed by atoms with Crippen molar-refractivity contribution in [2.75, 3.05) is 0 Å². The maximum atomic E-state index is 12.7. The summed E-state index contributed by atoms with van der Waals surface area (Å²) in [6.45, 7) is 7.09. The van der Waals surface area contributed by atoms with E-state index in [2.05, 4.69) is 74.6 Å². The monoisotopic (exact) mass is 383 g/mol. The molecule has 0 saturated carbocycles. The molecule has 0 saturated heterocycles. The standard InChI is InChI=1S/C27H29NO/c1-4-20-12-25-14-22-10-11-23(15-24(22)16-26(25)13-21(20)5-2)27(29)28-17-19-8-6-18(3)7-9-19/h6-13,15H,4-5,14,16-17H2,1-3H3,(H,28,29). The minimum atomic E-state index is -0.00486. The minimum Gasteiger partial charge on any atom is -0.348 e. The van der Waals surface area contributed by atoms with Crippen molar-refractivity contribution in [3.8, 4) is 0 Å². The van der Waals surface area contributed by atoms with Gasteiger partial charge in [-0.3, -0.25) is 4.79 Å². The van der Waals surface area contributed by atoms with Crippen LogP contribution in [0.5, 0.6) is 0 Å². The Kier molecular flexibility index (Phi) is 5.53. The van der Waals surface area contributed by atoms with Gasteiger partial charge in [-0.1, -0.05) is 61.9 Å². The van der Waals surface area contributed by atoms with Gasteiger partial charge in [0.1, 0.15) is 0 Å². The first-order chi connectivity index (χ1) is 14.1. The maximum absolute atomic E-state index is 12.7. The van der Waals surface area contributed by atoms with Crippen molar-refractivity contribution in [3.05, 3.63) is 105 Å². The highest BCUT2D eigenvalue weighted by Crippen LogP contribution is 2.30. The van der Waals surface area contributed by atoms with Gasteiger partial charge in [0.2, 0.25) is 0 Å². The molecule has 0 fully saturated rings. The molecule has 2 nitrogen and oxygen atoms in total. The predicted molar refractivity (Wildman–Crippen MR) is 120 cm³/mol. The molecule has 0 unspecified atom stereocenters. The average Bonchev–Trinajstić information content (AvgIpc) is 2.75. The summed E-state index contributed by atoms with van der Waals surface area (Å²) in [5.74, 6) is -0.00486. The molecule has 1 aliphatic rings. The van der Waals surface area contributed by atoms with Crippen LogP contribution in [0.25, 0.3) is 0 Å². The SMILES string of the molecule is CCc1cc2c(cc1CC)Cc1cc(C(=O)NCc3ccc(C)cc3)ccc1C2. The van der Waals surface area contributed by atoms with Gasteiger partial charge in [-0.25, -0.2) is 0 Å². The van der Waals surface area contributed by atoms with Gasteiger partial charge in [0, 0.05) is 12.1 Å². The van der Waals surface area contributed by atoms with Crippen molar-refractivity contribution in [3.63, 3.8) is 0 Å². The molecule has 1 amide bonds. The smallest absolute Gasteiger partial charge is 0.251 e. The summed E-state index contributed by atoms with van der Waals surface area (Å²) in [6, 6.07) is 19.3. The van der Waals surface area contributed by atoms with E-state index >= 15 is 0 Å². The third-order valence-corrected chi connectivity index (χ3v) is 6.09. The summed E-state index contributed by atoms with van der Waals surface area (Å²) in [6.07, 6.45) is 4.04. The number of hydrogen-bond acceptors (Lipinski definition) is 1. The van der Waals surface area contributed by atoms with Gasteiger partial charge >= 0.3 is 0 Å². The van der Waals surface area contributed by atoms with Crippen molar-refractivity contribution in [2.45, 2.75) is 53.0 Å². The maximum Gasteiger partial charge on any atom is 0.251 e. The molecule has 0 aliphatic heterocycles. The first-order valence-electron chi connectivity index (χ1n) is 10.7. The number of aryl methyl sites for hydroxylation is 3. The molecular weight excluding hydrogens is 354 g/mol. The number of hydrogen-bond donors (Lipinski definition) is 1. The molecule has 0 spiro atoms. The summed E-state index contributed by atoms with van der Waals surface area (Å²) in [7, 11) is 0. The molecule has 0 heterocycles. The van der Waals surface area contributed by atoms with Crippen LogP contribution in [0.4, 0.5) is 0 Å². The van der Waals surface area contributed by atoms with Gasteiger partial charge < -0.3 is 5.32 Å². The fourth-order valence-electron chi connectivity index (χ4n) is 4.28. The van der Waals surface area contributed by atoms with Crippen LogP contribution < -0.4 is 5.32 Å². The molecule has 148 valence electrons. The second-order valence-electron chi connectivity index (χ2n) is 8.10. The number of rotatable bonds is 5. The Labute approximate surface area is 174 Å². The quantitative estimate of drug-likeness (QED) is 0.481. The van der Waals surface area contributed by atoms with Gasteiger partial charge in [0.25, 0.3) is 5.91 Å². The zero-order valence-electron chi connectivity index (χ0n) is 17.6. The molecular formula is C27H29NO. The highest BCUT2D eigenvalue weighted by molar-refractivity contribution is 5.94. The molecule has 0 aromatic heterocycles. The van der Waals surface area contributed by atoms with Crippen molar-refractivity contribution in [2.24, 2.45) is 0 Å². The van der Waals surface area contributed by atoms with E-state index in [9.17, 15) is 4.79 Å². The zero-order chi connectivity index (χ0) is 20.4. The predicted octanol–water partition coefficient (Wildman–Crippen LogP) is 5.54. The molecule has 1 aliphatic carbocycles. The fraction of sp³-hybridized carbons (Fsp3) is 0.296. The van der Waals surface area contributed by atoms with Crippen LogP contribution in [-0.4, -0.2) is 5.91 Å². The molecule has 4 rings (SSSR count). The van der Waals surface area contributed by atoms with E-state index in [4.69, 9.17) is 0 Å². The molecule has 0 radical (unpaired) electrons. The second kappa shape index (κ2) is 8.24. The first-order valence-corrected chi connectivity index (χ1v) is 10.7. The highest BCUT2D eigenvalue weighted by Gasteiger charge is 2.18. The lowest BCUT2D eigenvalue weighted by Gasteiger charge is -2.23. The fourth-order valence-corrected chi connectivity index (χ4v) is 4.28. The molecule has 2 heteroatoms. The van der Waals surface area contributed by atoms with Gasteiger partial charge in [0.15, 0.2) is 0 Å². The molecule has 0 bridgehead atoms. The lowest BCUT2D eigenvalue weighted by molar-refractivity contribution is 0.0951. The molecule has 3 aromatic carbocycles.